The fourth-order valence-electron chi connectivity index (χ4n) is 7.63. The third-order valence-electron chi connectivity index (χ3n) is 10.2. The van der Waals surface area contributed by atoms with E-state index in [0.717, 1.165) is 60.6 Å². The topological polar surface area (TPSA) is 49.6 Å². The summed E-state index contributed by atoms with van der Waals surface area (Å²) in [5.41, 5.74) is 12.1. The van der Waals surface area contributed by atoms with Gasteiger partial charge in [-0.1, -0.05) is 165 Å². The molecule has 0 spiro atoms. The van der Waals surface area contributed by atoms with E-state index in [-0.39, 0.29) is 5.41 Å². The van der Waals surface area contributed by atoms with E-state index >= 15 is 0 Å². The van der Waals surface area contributed by atoms with Crippen molar-refractivity contribution in [3.63, 3.8) is 0 Å². The van der Waals surface area contributed by atoms with Gasteiger partial charge in [0.25, 0.3) is 0 Å². The summed E-state index contributed by atoms with van der Waals surface area (Å²) in [5.74, 6) is 0.680. The normalized spacial score (nSPS) is 12.9. The number of nitriles is 1. The molecule has 0 amide bonds. The van der Waals surface area contributed by atoms with Gasteiger partial charge in [0.05, 0.1) is 23.0 Å². The Morgan fingerprint density at radius 1 is 0.519 bits per heavy atom. The number of aromatic nitrogens is 2. The van der Waals surface area contributed by atoms with Crippen molar-refractivity contribution in [2.75, 3.05) is 0 Å². The van der Waals surface area contributed by atoms with E-state index in [0.29, 0.717) is 5.82 Å². The average Bonchev–Trinajstić information content (AvgIpc) is 3.20. The highest BCUT2D eigenvalue weighted by atomic mass is 32.2. The molecule has 1 aliphatic rings. The van der Waals surface area contributed by atoms with Crippen LogP contribution in [0.2, 0.25) is 0 Å². The van der Waals surface area contributed by atoms with Crippen LogP contribution in [0.1, 0.15) is 30.5 Å². The van der Waals surface area contributed by atoms with Crippen LogP contribution in [-0.2, 0) is 5.41 Å². The summed E-state index contributed by atoms with van der Waals surface area (Å²) in [7, 11) is 0. The summed E-state index contributed by atoms with van der Waals surface area (Å²) in [5, 5.41) is 12.6. The van der Waals surface area contributed by atoms with E-state index < -0.39 is 0 Å². The van der Waals surface area contributed by atoms with E-state index in [4.69, 9.17) is 9.97 Å². The van der Waals surface area contributed by atoms with Crippen molar-refractivity contribution < 1.29 is 0 Å². The Bertz CT molecular complexity index is 2690. The zero-order chi connectivity index (χ0) is 35.2. The molecular weight excluding hydrogens is 651 g/mol. The third-order valence-corrected chi connectivity index (χ3v) is 11.4. The van der Waals surface area contributed by atoms with Gasteiger partial charge in [0, 0.05) is 31.9 Å². The molecule has 0 aliphatic carbocycles. The van der Waals surface area contributed by atoms with E-state index in [1.54, 1.807) is 11.8 Å². The average molecular weight is 684 g/mol. The number of nitrogens with zero attached hydrogens (tertiary/aromatic N) is 3. The van der Waals surface area contributed by atoms with Gasteiger partial charge in [-0.05, 0) is 68.4 Å². The lowest BCUT2D eigenvalue weighted by molar-refractivity contribution is 0.606. The maximum Gasteiger partial charge on any atom is 0.160 e. The minimum Gasteiger partial charge on any atom is -0.228 e. The molecule has 0 atom stereocenters. The van der Waals surface area contributed by atoms with Crippen molar-refractivity contribution in [2.45, 2.75) is 29.1 Å². The first-order valence-electron chi connectivity index (χ1n) is 17.5. The van der Waals surface area contributed by atoms with Crippen LogP contribution >= 0.6 is 11.8 Å². The lowest BCUT2D eigenvalue weighted by atomic mass is 9.75. The van der Waals surface area contributed by atoms with Gasteiger partial charge in [0.2, 0.25) is 0 Å². The molecule has 0 radical (unpaired) electrons. The second kappa shape index (κ2) is 12.8. The first-order chi connectivity index (χ1) is 25.5. The molecular formula is C48H33N3S. The second-order valence-electron chi connectivity index (χ2n) is 13.7. The van der Waals surface area contributed by atoms with Crippen molar-refractivity contribution in [3.8, 4) is 62.2 Å². The Hall–Kier alpha value is -6.28. The van der Waals surface area contributed by atoms with Crippen molar-refractivity contribution in [1.29, 1.82) is 5.26 Å². The highest BCUT2D eigenvalue weighted by molar-refractivity contribution is 7.99. The largest absolute Gasteiger partial charge is 0.228 e. The van der Waals surface area contributed by atoms with Gasteiger partial charge < -0.3 is 0 Å². The zero-order valence-corrected chi connectivity index (χ0v) is 29.7. The summed E-state index contributed by atoms with van der Waals surface area (Å²) >= 11 is 1.76. The highest BCUT2D eigenvalue weighted by Crippen LogP contribution is 2.53. The van der Waals surface area contributed by atoms with E-state index in [1.807, 2.05) is 24.3 Å². The molecule has 9 rings (SSSR count). The van der Waals surface area contributed by atoms with Gasteiger partial charge in [0.1, 0.15) is 0 Å². The molecule has 0 N–H and O–H groups in total. The molecule has 3 nitrogen and oxygen atoms in total. The molecule has 1 aliphatic heterocycles. The SMILES string of the molecule is CC1(C)c2ccccc2Sc2c(-c3cccc(-c4cc(-c5ccc(-c6ccccc6)c6ccccc56)nc(-c5ccccc5)n4)c3)ccc(C#N)c21. The number of hydrogen-bond donors (Lipinski definition) is 0. The summed E-state index contributed by atoms with van der Waals surface area (Å²) < 4.78 is 0. The molecule has 2 heterocycles. The summed E-state index contributed by atoms with van der Waals surface area (Å²) in [6, 6.07) is 59.6. The van der Waals surface area contributed by atoms with Crippen LogP contribution in [0, 0.1) is 11.3 Å². The van der Waals surface area contributed by atoms with Crippen molar-refractivity contribution in [3.05, 3.63) is 180 Å². The standard InChI is InChI=1S/C48H33N3S/c1-48(2)41-22-11-12-23-44(41)52-46-37(25-24-35(30-49)45(46)48)33-18-13-19-34(28-33)42-29-43(51-47(50-42)32-16-7-4-8-17-32)40-27-26-36(31-14-5-3-6-15-31)38-20-9-10-21-39(38)40/h3-29H,1-2H3. The predicted molar refractivity (Wildman–Crippen MR) is 214 cm³/mol. The molecule has 7 aromatic carbocycles. The number of rotatable bonds is 5. The van der Waals surface area contributed by atoms with Crippen LogP contribution < -0.4 is 0 Å². The number of hydrogen-bond acceptors (Lipinski definition) is 4. The maximum atomic E-state index is 10.2. The Balaban J connectivity index is 1.22. The molecule has 1 aromatic heterocycles. The minimum atomic E-state index is -0.319. The van der Waals surface area contributed by atoms with Crippen molar-refractivity contribution in [1.82, 2.24) is 9.97 Å². The summed E-state index contributed by atoms with van der Waals surface area (Å²) in [6.07, 6.45) is 0. The number of benzene rings is 7. The van der Waals surface area contributed by atoms with Crippen molar-refractivity contribution in [2.24, 2.45) is 0 Å². The Kier molecular flexibility index (Phi) is 7.80. The molecule has 52 heavy (non-hydrogen) atoms. The van der Waals surface area contributed by atoms with E-state index in [1.165, 1.54) is 27.0 Å². The van der Waals surface area contributed by atoms with Gasteiger partial charge in [-0.15, -0.1) is 0 Å². The lowest BCUT2D eigenvalue weighted by Gasteiger charge is -2.36. The monoisotopic (exact) mass is 683 g/mol. The van der Waals surface area contributed by atoms with Gasteiger partial charge in [0.15, 0.2) is 5.82 Å². The molecule has 0 unspecified atom stereocenters. The molecule has 4 heteroatoms. The van der Waals surface area contributed by atoms with Crippen LogP contribution in [0.15, 0.2) is 174 Å². The lowest BCUT2D eigenvalue weighted by Crippen LogP contribution is -2.25. The van der Waals surface area contributed by atoms with Crippen molar-refractivity contribution >= 4 is 22.5 Å². The molecule has 0 saturated carbocycles. The van der Waals surface area contributed by atoms with Gasteiger partial charge in [-0.2, -0.15) is 5.26 Å². The van der Waals surface area contributed by atoms with E-state index in [9.17, 15) is 5.26 Å². The quantitative estimate of drug-likeness (QED) is 0.181. The summed E-state index contributed by atoms with van der Waals surface area (Å²) in [6.45, 7) is 4.46. The second-order valence-corrected chi connectivity index (χ2v) is 14.7. The fraction of sp³-hybridized carbons (Fsp3) is 0.0625. The molecule has 0 bridgehead atoms. The Morgan fingerprint density at radius 3 is 1.88 bits per heavy atom. The molecule has 8 aromatic rings. The highest BCUT2D eigenvalue weighted by Gasteiger charge is 2.36. The van der Waals surface area contributed by atoms with Crippen LogP contribution in [0.5, 0.6) is 0 Å². The number of fused-ring (bicyclic) bond motifs is 3. The van der Waals surface area contributed by atoms with Crippen LogP contribution in [-0.4, -0.2) is 9.97 Å². The van der Waals surface area contributed by atoms with Gasteiger partial charge in [-0.3, -0.25) is 0 Å². The Labute approximate surface area is 308 Å². The first kappa shape index (κ1) is 31.7. The van der Waals surface area contributed by atoms with Crippen LogP contribution in [0.4, 0.5) is 0 Å². The van der Waals surface area contributed by atoms with Gasteiger partial charge in [-0.25, -0.2) is 9.97 Å². The minimum absolute atomic E-state index is 0.319. The fourth-order valence-corrected chi connectivity index (χ4v) is 9.20. The molecule has 246 valence electrons. The smallest absolute Gasteiger partial charge is 0.160 e. The maximum absolute atomic E-state index is 10.2. The van der Waals surface area contributed by atoms with Gasteiger partial charge >= 0.3 is 0 Å². The summed E-state index contributed by atoms with van der Waals surface area (Å²) in [4.78, 5) is 12.8. The first-order valence-corrected chi connectivity index (χ1v) is 18.3. The molecule has 0 saturated heterocycles. The van der Waals surface area contributed by atoms with E-state index in [2.05, 4.69) is 159 Å². The van der Waals surface area contributed by atoms with Crippen LogP contribution in [0.25, 0.3) is 66.9 Å². The zero-order valence-electron chi connectivity index (χ0n) is 28.8. The Morgan fingerprint density at radius 2 is 1.12 bits per heavy atom. The predicted octanol–water partition coefficient (Wildman–Crippen LogP) is 12.6. The van der Waals surface area contributed by atoms with Crippen LogP contribution in [0.3, 0.4) is 0 Å². The molecule has 0 fully saturated rings. The third kappa shape index (κ3) is 5.39.